The number of halogens is 2. The van der Waals surface area contributed by atoms with Crippen molar-refractivity contribution < 1.29 is 4.39 Å². The fourth-order valence-corrected chi connectivity index (χ4v) is 2.12. The molecule has 3 heteroatoms. The Balaban J connectivity index is 2.15. The fraction of sp³-hybridized carbons (Fsp3) is 0.200. The molecule has 0 spiro atoms. The summed E-state index contributed by atoms with van der Waals surface area (Å²) in [5.74, 6) is 0. The fourth-order valence-electron chi connectivity index (χ4n) is 1.86. The van der Waals surface area contributed by atoms with Crippen molar-refractivity contribution in [2.24, 2.45) is 0 Å². The van der Waals surface area contributed by atoms with E-state index in [2.05, 4.69) is 28.1 Å². The lowest BCUT2D eigenvalue weighted by Gasteiger charge is -2.23. The van der Waals surface area contributed by atoms with Crippen LogP contribution >= 0.6 is 15.9 Å². The van der Waals surface area contributed by atoms with Crippen LogP contribution in [0.1, 0.15) is 5.56 Å². The predicted octanol–water partition coefficient (Wildman–Crippen LogP) is 4.43. The highest BCUT2D eigenvalue weighted by Crippen LogP contribution is 2.20. The summed E-state index contributed by atoms with van der Waals surface area (Å²) in [4.78, 5) is 2.04. The van der Waals surface area contributed by atoms with Crippen LogP contribution in [-0.2, 0) is 6.54 Å². The van der Waals surface area contributed by atoms with Gasteiger partial charge in [-0.15, -0.1) is 0 Å². The van der Waals surface area contributed by atoms with Gasteiger partial charge >= 0.3 is 0 Å². The van der Waals surface area contributed by atoms with Gasteiger partial charge in [-0.1, -0.05) is 46.3 Å². The molecule has 0 aliphatic carbocycles. The Labute approximate surface area is 115 Å². The van der Waals surface area contributed by atoms with Crippen molar-refractivity contribution in [1.29, 1.82) is 0 Å². The van der Waals surface area contributed by atoms with Crippen LogP contribution in [0.4, 0.5) is 10.1 Å². The molecule has 18 heavy (non-hydrogen) atoms. The summed E-state index contributed by atoms with van der Waals surface area (Å²) >= 11 is 3.41. The Morgan fingerprint density at radius 1 is 0.944 bits per heavy atom. The van der Waals surface area contributed by atoms with Gasteiger partial charge in [0, 0.05) is 23.2 Å². The highest BCUT2D eigenvalue weighted by molar-refractivity contribution is 9.10. The molecule has 2 aromatic rings. The van der Waals surface area contributed by atoms with E-state index in [9.17, 15) is 4.39 Å². The molecule has 0 amide bonds. The topological polar surface area (TPSA) is 3.24 Å². The molecule has 2 aromatic carbocycles. The Morgan fingerprint density at radius 3 is 2.22 bits per heavy atom. The second kappa shape index (κ2) is 6.55. The third kappa shape index (κ3) is 3.57. The zero-order valence-corrected chi connectivity index (χ0v) is 11.6. The molecule has 0 saturated carbocycles. The molecule has 0 aromatic heterocycles. The number of alkyl halides is 1. The van der Waals surface area contributed by atoms with Gasteiger partial charge in [-0.05, 0) is 29.8 Å². The summed E-state index contributed by atoms with van der Waals surface area (Å²) in [6.07, 6.45) is 0. The van der Waals surface area contributed by atoms with Crippen molar-refractivity contribution in [1.82, 2.24) is 0 Å². The van der Waals surface area contributed by atoms with Crippen molar-refractivity contribution >= 4 is 21.6 Å². The van der Waals surface area contributed by atoms with Gasteiger partial charge in [0.05, 0.1) is 0 Å². The van der Waals surface area contributed by atoms with Crippen LogP contribution in [-0.4, -0.2) is 13.2 Å². The van der Waals surface area contributed by atoms with E-state index < -0.39 is 0 Å². The maximum Gasteiger partial charge on any atom is 0.107 e. The average molecular weight is 308 g/mol. The summed E-state index contributed by atoms with van der Waals surface area (Å²) in [7, 11) is 0. The lowest BCUT2D eigenvalue weighted by Crippen LogP contribution is -2.24. The number of rotatable bonds is 5. The average Bonchev–Trinajstić information content (AvgIpc) is 2.40. The second-order valence-electron chi connectivity index (χ2n) is 4.07. The molecule has 1 nitrogen and oxygen atoms in total. The van der Waals surface area contributed by atoms with Crippen molar-refractivity contribution in [3.63, 3.8) is 0 Å². The maximum atomic E-state index is 12.7. The van der Waals surface area contributed by atoms with Crippen LogP contribution in [0.2, 0.25) is 0 Å². The number of benzene rings is 2. The minimum absolute atomic E-state index is 0.344. The van der Waals surface area contributed by atoms with Gasteiger partial charge in [-0.25, -0.2) is 4.39 Å². The summed E-state index contributed by atoms with van der Waals surface area (Å²) in [5, 5.41) is 0. The molecule has 0 fully saturated rings. The van der Waals surface area contributed by atoms with Gasteiger partial charge in [-0.2, -0.15) is 0 Å². The van der Waals surface area contributed by atoms with Gasteiger partial charge < -0.3 is 4.90 Å². The summed E-state index contributed by atoms with van der Waals surface area (Å²) in [6, 6.07) is 18.1. The summed E-state index contributed by atoms with van der Waals surface area (Å²) in [5.41, 5.74) is 2.23. The molecule has 0 aliphatic rings. The maximum absolute atomic E-state index is 12.7. The number of hydrogen-bond donors (Lipinski definition) is 0. The molecule has 0 aliphatic heterocycles. The predicted molar refractivity (Wildman–Crippen MR) is 77.6 cm³/mol. The first-order valence-electron chi connectivity index (χ1n) is 5.90. The lowest BCUT2D eigenvalue weighted by molar-refractivity contribution is 0.489. The zero-order chi connectivity index (χ0) is 12.8. The van der Waals surface area contributed by atoms with Crippen LogP contribution in [0.5, 0.6) is 0 Å². The molecule has 2 rings (SSSR count). The molecule has 94 valence electrons. The first-order valence-corrected chi connectivity index (χ1v) is 6.69. The minimum Gasteiger partial charge on any atom is -0.365 e. The van der Waals surface area contributed by atoms with Gasteiger partial charge in [0.15, 0.2) is 0 Å². The van der Waals surface area contributed by atoms with Crippen molar-refractivity contribution in [2.45, 2.75) is 6.54 Å². The Kier molecular flexibility index (Phi) is 4.76. The van der Waals surface area contributed by atoms with Crippen molar-refractivity contribution in [2.75, 3.05) is 18.1 Å². The number of nitrogens with zero attached hydrogens (tertiary/aromatic N) is 1. The van der Waals surface area contributed by atoms with Crippen LogP contribution in [0.15, 0.2) is 59.1 Å². The van der Waals surface area contributed by atoms with E-state index in [0.29, 0.717) is 6.54 Å². The molecule has 0 saturated heterocycles. The number of hydrogen-bond acceptors (Lipinski definition) is 1. The SMILES string of the molecule is FCCN(Cc1ccccc1)c1ccc(Br)cc1. The normalized spacial score (nSPS) is 10.3. The highest BCUT2D eigenvalue weighted by atomic mass is 79.9. The molecule has 0 heterocycles. The standard InChI is InChI=1S/C15H15BrFN/c16-14-6-8-15(9-7-14)18(11-10-17)12-13-4-2-1-3-5-13/h1-9H,10-12H2. The summed E-state index contributed by atoms with van der Waals surface area (Å²) in [6.45, 7) is 0.797. The minimum atomic E-state index is -0.344. The number of anilines is 1. The van der Waals surface area contributed by atoms with Gasteiger partial charge in [0.1, 0.15) is 6.67 Å². The van der Waals surface area contributed by atoms with E-state index in [0.717, 1.165) is 16.7 Å². The van der Waals surface area contributed by atoms with Gasteiger partial charge in [-0.3, -0.25) is 0 Å². The molecular formula is C15H15BrFN. The molecule has 0 radical (unpaired) electrons. The van der Waals surface area contributed by atoms with E-state index in [4.69, 9.17) is 0 Å². The van der Waals surface area contributed by atoms with E-state index in [1.54, 1.807) is 0 Å². The van der Waals surface area contributed by atoms with Crippen LogP contribution < -0.4 is 4.90 Å². The molecule has 0 N–H and O–H groups in total. The van der Waals surface area contributed by atoms with Crippen LogP contribution in [0.3, 0.4) is 0 Å². The Morgan fingerprint density at radius 2 is 1.61 bits per heavy atom. The monoisotopic (exact) mass is 307 g/mol. The smallest absolute Gasteiger partial charge is 0.107 e. The highest BCUT2D eigenvalue weighted by Gasteiger charge is 2.06. The van der Waals surface area contributed by atoms with E-state index in [1.165, 1.54) is 5.56 Å². The molecule has 0 bridgehead atoms. The van der Waals surface area contributed by atoms with E-state index in [-0.39, 0.29) is 6.67 Å². The quantitative estimate of drug-likeness (QED) is 0.790. The van der Waals surface area contributed by atoms with E-state index >= 15 is 0 Å². The third-order valence-corrected chi connectivity index (χ3v) is 3.29. The molecule has 0 atom stereocenters. The van der Waals surface area contributed by atoms with Crippen LogP contribution in [0, 0.1) is 0 Å². The summed E-state index contributed by atoms with van der Waals surface area (Å²) < 4.78 is 13.7. The van der Waals surface area contributed by atoms with Crippen LogP contribution in [0.25, 0.3) is 0 Å². The largest absolute Gasteiger partial charge is 0.365 e. The van der Waals surface area contributed by atoms with Crippen molar-refractivity contribution in [3.05, 3.63) is 64.6 Å². The first kappa shape index (κ1) is 13.1. The second-order valence-corrected chi connectivity index (χ2v) is 4.99. The Hall–Kier alpha value is -1.35. The molecular weight excluding hydrogens is 293 g/mol. The molecule has 0 unspecified atom stereocenters. The third-order valence-electron chi connectivity index (χ3n) is 2.76. The zero-order valence-electron chi connectivity index (χ0n) is 10.0. The van der Waals surface area contributed by atoms with Gasteiger partial charge in [0.2, 0.25) is 0 Å². The van der Waals surface area contributed by atoms with E-state index in [1.807, 2.05) is 47.4 Å². The first-order chi connectivity index (χ1) is 8.79. The Bertz CT molecular complexity index is 470. The van der Waals surface area contributed by atoms with Gasteiger partial charge in [0.25, 0.3) is 0 Å². The lowest BCUT2D eigenvalue weighted by atomic mass is 10.2. The van der Waals surface area contributed by atoms with Crippen molar-refractivity contribution in [3.8, 4) is 0 Å².